The number of ether oxygens (including phenoxy) is 1. The van der Waals surface area contributed by atoms with E-state index in [2.05, 4.69) is 5.48 Å². The Morgan fingerprint density at radius 1 is 1.08 bits per heavy atom. The zero-order valence-corrected chi connectivity index (χ0v) is 14.3. The van der Waals surface area contributed by atoms with Gasteiger partial charge in [-0.25, -0.2) is 4.39 Å². The maximum Gasteiger partial charge on any atom is 0.138 e. The van der Waals surface area contributed by atoms with Crippen molar-refractivity contribution in [2.24, 2.45) is 0 Å². The Labute approximate surface area is 150 Å². The Hall–Kier alpha value is -2.56. The normalized spacial score (nSPS) is 10.6. The predicted octanol–water partition coefficient (Wildman–Crippen LogP) is 5.55. The molecule has 0 radical (unpaired) electrons. The number of halogens is 2. The van der Waals surface area contributed by atoms with E-state index in [-0.39, 0.29) is 5.82 Å². The highest BCUT2D eigenvalue weighted by Crippen LogP contribution is 2.36. The van der Waals surface area contributed by atoms with Crippen molar-refractivity contribution in [3.05, 3.63) is 82.6 Å². The fourth-order valence-corrected chi connectivity index (χ4v) is 2.93. The quantitative estimate of drug-likeness (QED) is 0.588. The topological polar surface area (TPSA) is 41.5 Å². The van der Waals surface area contributed by atoms with Crippen LogP contribution in [0.5, 0.6) is 5.75 Å². The van der Waals surface area contributed by atoms with E-state index in [1.165, 1.54) is 7.11 Å². The van der Waals surface area contributed by atoms with Crippen LogP contribution in [0.4, 0.5) is 10.1 Å². The minimum atomic E-state index is -0.328. The SMILES string of the molecule is COc1ccc(Cc2ccc(NO)cc2)c(F)c1-c1cccc(Cl)c1. The van der Waals surface area contributed by atoms with E-state index >= 15 is 4.39 Å². The average Bonchev–Trinajstić information content (AvgIpc) is 2.63. The molecule has 0 atom stereocenters. The van der Waals surface area contributed by atoms with Gasteiger partial charge >= 0.3 is 0 Å². The van der Waals surface area contributed by atoms with Gasteiger partial charge in [0.15, 0.2) is 0 Å². The monoisotopic (exact) mass is 357 g/mol. The largest absolute Gasteiger partial charge is 0.496 e. The van der Waals surface area contributed by atoms with Gasteiger partial charge in [0, 0.05) is 11.4 Å². The van der Waals surface area contributed by atoms with Crippen LogP contribution in [0.2, 0.25) is 5.02 Å². The number of methoxy groups -OCH3 is 1. The van der Waals surface area contributed by atoms with E-state index in [1.807, 2.05) is 12.1 Å². The first-order chi connectivity index (χ1) is 12.1. The molecule has 0 amide bonds. The van der Waals surface area contributed by atoms with Crippen LogP contribution in [0.25, 0.3) is 11.1 Å². The van der Waals surface area contributed by atoms with Crippen molar-refractivity contribution >= 4 is 17.3 Å². The fourth-order valence-electron chi connectivity index (χ4n) is 2.74. The molecule has 0 aromatic heterocycles. The molecular formula is C20H17ClFNO2. The van der Waals surface area contributed by atoms with Gasteiger partial charge < -0.3 is 4.74 Å². The van der Waals surface area contributed by atoms with Crippen LogP contribution in [0.1, 0.15) is 11.1 Å². The summed E-state index contributed by atoms with van der Waals surface area (Å²) in [5.41, 5.74) is 5.22. The minimum Gasteiger partial charge on any atom is -0.496 e. The molecule has 0 spiro atoms. The molecule has 3 aromatic carbocycles. The van der Waals surface area contributed by atoms with E-state index in [1.54, 1.807) is 48.5 Å². The van der Waals surface area contributed by atoms with Crippen molar-refractivity contribution in [2.75, 3.05) is 12.6 Å². The molecule has 5 heteroatoms. The Balaban J connectivity index is 2.02. The first kappa shape index (κ1) is 17.3. The number of hydrogen-bond acceptors (Lipinski definition) is 3. The van der Waals surface area contributed by atoms with Gasteiger partial charge in [-0.1, -0.05) is 41.9 Å². The molecule has 3 rings (SSSR count). The van der Waals surface area contributed by atoms with E-state index in [0.717, 1.165) is 5.56 Å². The molecule has 0 fully saturated rings. The molecule has 3 nitrogen and oxygen atoms in total. The Morgan fingerprint density at radius 2 is 1.84 bits per heavy atom. The van der Waals surface area contributed by atoms with E-state index in [0.29, 0.717) is 39.6 Å². The zero-order chi connectivity index (χ0) is 17.8. The van der Waals surface area contributed by atoms with Crippen LogP contribution in [-0.4, -0.2) is 12.3 Å². The molecular weight excluding hydrogens is 341 g/mol. The van der Waals surface area contributed by atoms with Crippen molar-refractivity contribution in [3.8, 4) is 16.9 Å². The average molecular weight is 358 g/mol. The highest BCUT2D eigenvalue weighted by atomic mass is 35.5. The van der Waals surface area contributed by atoms with Gasteiger partial charge in [0.2, 0.25) is 0 Å². The molecule has 128 valence electrons. The van der Waals surface area contributed by atoms with Gasteiger partial charge in [-0.3, -0.25) is 10.7 Å². The minimum absolute atomic E-state index is 0.328. The second-order valence-electron chi connectivity index (χ2n) is 5.61. The molecule has 0 heterocycles. The maximum atomic E-state index is 15.2. The molecule has 0 aliphatic carbocycles. The van der Waals surface area contributed by atoms with E-state index in [4.69, 9.17) is 21.5 Å². The van der Waals surface area contributed by atoms with Crippen molar-refractivity contribution < 1.29 is 14.3 Å². The second kappa shape index (κ2) is 7.55. The summed E-state index contributed by atoms with van der Waals surface area (Å²) in [5.74, 6) is 0.134. The van der Waals surface area contributed by atoms with Crippen LogP contribution in [0.15, 0.2) is 60.7 Å². The van der Waals surface area contributed by atoms with Gasteiger partial charge in [-0.2, -0.15) is 0 Å². The first-order valence-electron chi connectivity index (χ1n) is 7.72. The third-order valence-electron chi connectivity index (χ3n) is 3.99. The summed E-state index contributed by atoms with van der Waals surface area (Å²) >= 11 is 6.05. The van der Waals surface area contributed by atoms with Gasteiger partial charge in [-0.15, -0.1) is 0 Å². The van der Waals surface area contributed by atoms with Crippen LogP contribution in [-0.2, 0) is 6.42 Å². The second-order valence-corrected chi connectivity index (χ2v) is 6.05. The molecule has 0 saturated heterocycles. The lowest BCUT2D eigenvalue weighted by atomic mass is 9.97. The summed E-state index contributed by atoms with van der Waals surface area (Å²) in [4.78, 5) is 0. The van der Waals surface area contributed by atoms with Crippen molar-refractivity contribution in [1.29, 1.82) is 0 Å². The lowest BCUT2D eigenvalue weighted by Crippen LogP contribution is -1.99. The molecule has 3 aromatic rings. The lowest BCUT2D eigenvalue weighted by Gasteiger charge is -2.14. The number of hydrogen-bond donors (Lipinski definition) is 2. The van der Waals surface area contributed by atoms with E-state index in [9.17, 15) is 0 Å². The molecule has 0 saturated carbocycles. The third kappa shape index (κ3) is 3.76. The van der Waals surface area contributed by atoms with Crippen molar-refractivity contribution in [1.82, 2.24) is 0 Å². The summed E-state index contributed by atoms with van der Waals surface area (Å²) in [6.07, 6.45) is 0.426. The predicted molar refractivity (Wildman–Crippen MR) is 98.1 cm³/mol. The van der Waals surface area contributed by atoms with Gasteiger partial charge in [0.1, 0.15) is 11.6 Å². The van der Waals surface area contributed by atoms with Gasteiger partial charge in [0.25, 0.3) is 0 Å². The van der Waals surface area contributed by atoms with Crippen LogP contribution in [0.3, 0.4) is 0 Å². The summed E-state index contributed by atoms with van der Waals surface area (Å²) in [5, 5.41) is 9.41. The Morgan fingerprint density at radius 3 is 2.48 bits per heavy atom. The molecule has 0 unspecified atom stereocenters. The van der Waals surface area contributed by atoms with Gasteiger partial charge in [0.05, 0.1) is 18.4 Å². The smallest absolute Gasteiger partial charge is 0.138 e. The third-order valence-corrected chi connectivity index (χ3v) is 4.23. The van der Waals surface area contributed by atoms with Crippen LogP contribution in [0, 0.1) is 5.82 Å². The van der Waals surface area contributed by atoms with Crippen LogP contribution < -0.4 is 10.2 Å². The van der Waals surface area contributed by atoms with Gasteiger partial charge in [-0.05, 0) is 47.0 Å². The lowest BCUT2D eigenvalue weighted by molar-refractivity contribution is 0.389. The van der Waals surface area contributed by atoms with Crippen LogP contribution >= 0.6 is 11.6 Å². The molecule has 0 aliphatic heterocycles. The summed E-state index contributed by atoms with van der Waals surface area (Å²) in [7, 11) is 1.52. The number of anilines is 1. The Kier molecular flexibility index (Phi) is 5.22. The molecule has 0 bridgehead atoms. The number of rotatable bonds is 5. The maximum absolute atomic E-state index is 15.2. The summed E-state index contributed by atoms with van der Waals surface area (Å²) < 4.78 is 20.5. The van der Waals surface area contributed by atoms with Crippen molar-refractivity contribution in [2.45, 2.75) is 6.42 Å². The molecule has 2 N–H and O–H groups in total. The standard InChI is InChI=1S/C20H17ClFNO2/c1-25-18-10-7-15(11-13-5-8-17(23-24)9-6-13)20(22)19(18)14-3-2-4-16(21)12-14/h2-10,12,23-24H,11H2,1H3. The van der Waals surface area contributed by atoms with Crippen molar-refractivity contribution in [3.63, 3.8) is 0 Å². The first-order valence-corrected chi connectivity index (χ1v) is 8.10. The highest BCUT2D eigenvalue weighted by Gasteiger charge is 2.16. The number of nitrogens with one attached hydrogen (secondary N) is 1. The highest BCUT2D eigenvalue weighted by molar-refractivity contribution is 6.30. The summed E-state index contributed by atoms with van der Waals surface area (Å²) in [6.45, 7) is 0. The van der Waals surface area contributed by atoms with E-state index < -0.39 is 0 Å². The fraction of sp³-hybridized carbons (Fsp3) is 0.100. The molecule has 0 aliphatic rings. The zero-order valence-electron chi connectivity index (χ0n) is 13.6. The Bertz CT molecular complexity index is 881. The summed E-state index contributed by atoms with van der Waals surface area (Å²) in [6, 6.07) is 17.7. The number of benzene rings is 3. The molecule has 25 heavy (non-hydrogen) atoms.